The maximum absolute atomic E-state index is 4.93. The molecule has 0 aromatic carbocycles. The van der Waals surface area contributed by atoms with E-state index in [1.807, 2.05) is 13.2 Å². The number of hydrogen-bond acceptors (Lipinski definition) is 3. The van der Waals surface area contributed by atoms with E-state index in [9.17, 15) is 0 Å². The topological polar surface area (TPSA) is 9.23 Å². The summed E-state index contributed by atoms with van der Waals surface area (Å²) in [6, 6.07) is 0. The minimum absolute atomic E-state index is 0.329. The van der Waals surface area contributed by atoms with E-state index in [0.717, 1.165) is 0 Å². The molecular weight excluding hydrogens is 128 g/mol. The van der Waals surface area contributed by atoms with E-state index < -0.39 is 0 Å². The van der Waals surface area contributed by atoms with E-state index in [2.05, 4.69) is 0 Å². The van der Waals surface area contributed by atoms with Crippen molar-refractivity contribution in [3.8, 4) is 0 Å². The molecule has 0 aromatic rings. The first-order valence-electron chi connectivity index (χ1n) is 2.03. The Labute approximate surface area is 52.6 Å². The fourth-order valence-electron chi connectivity index (χ4n) is 0.175. The molecule has 0 spiro atoms. The second-order valence-electron chi connectivity index (χ2n) is 1.07. The Morgan fingerprint density at radius 2 is 2.14 bits per heavy atom. The molecule has 0 saturated heterocycles. The van der Waals surface area contributed by atoms with Crippen LogP contribution in [-0.4, -0.2) is 18.8 Å². The van der Waals surface area contributed by atoms with Gasteiger partial charge in [-0.2, -0.15) is 0 Å². The van der Waals surface area contributed by atoms with Crippen LogP contribution in [-0.2, 0) is 4.74 Å². The Morgan fingerprint density at radius 1 is 1.57 bits per heavy atom. The molecule has 7 heavy (non-hydrogen) atoms. The fourth-order valence-corrected chi connectivity index (χ4v) is 1.57. The summed E-state index contributed by atoms with van der Waals surface area (Å²) in [6.07, 6.45) is 2.04. The lowest BCUT2D eigenvalue weighted by atomic mass is 10.9. The smallest absolute Gasteiger partial charge is 0.110 e. The van der Waals surface area contributed by atoms with Crippen LogP contribution < -0.4 is 0 Å². The zero-order valence-corrected chi connectivity index (χ0v) is 6.44. The van der Waals surface area contributed by atoms with Crippen LogP contribution in [0.4, 0.5) is 0 Å². The van der Waals surface area contributed by atoms with E-state index in [1.165, 1.54) is 0 Å². The molecule has 0 aliphatic carbocycles. The maximum atomic E-state index is 4.93. The first-order chi connectivity index (χ1) is 3.31. The first-order valence-corrected chi connectivity index (χ1v) is 4.65. The highest BCUT2D eigenvalue weighted by Gasteiger charge is 1.94. The monoisotopic (exact) mass is 138 g/mol. The lowest BCUT2D eigenvalue weighted by Gasteiger charge is -2.03. The summed E-state index contributed by atoms with van der Waals surface area (Å²) in [7, 11) is 5.17. The zero-order valence-electron chi connectivity index (χ0n) is 4.80. The third kappa shape index (κ3) is 4.51. The minimum atomic E-state index is 0.329. The van der Waals surface area contributed by atoms with Gasteiger partial charge in [0.15, 0.2) is 0 Å². The molecule has 0 rings (SSSR count). The van der Waals surface area contributed by atoms with Gasteiger partial charge < -0.3 is 4.74 Å². The van der Waals surface area contributed by atoms with Crippen molar-refractivity contribution in [2.45, 2.75) is 12.4 Å². The lowest BCUT2D eigenvalue weighted by molar-refractivity contribution is 0.189. The van der Waals surface area contributed by atoms with Crippen molar-refractivity contribution >= 4 is 21.6 Å². The van der Waals surface area contributed by atoms with Gasteiger partial charge in [-0.15, -0.1) is 0 Å². The average Bonchev–Trinajstić information content (AvgIpc) is 1.68. The van der Waals surface area contributed by atoms with Crippen molar-refractivity contribution in [2.24, 2.45) is 0 Å². The molecule has 0 aliphatic heterocycles. The van der Waals surface area contributed by atoms with Crippen molar-refractivity contribution < 1.29 is 4.74 Å². The molecule has 44 valence electrons. The van der Waals surface area contributed by atoms with Crippen LogP contribution in [0.2, 0.25) is 0 Å². The van der Waals surface area contributed by atoms with Gasteiger partial charge in [0, 0.05) is 7.11 Å². The Balaban J connectivity index is 2.83. The number of methoxy groups -OCH3 is 1. The molecule has 1 nitrogen and oxygen atoms in total. The van der Waals surface area contributed by atoms with Crippen molar-refractivity contribution in [1.29, 1.82) is 0 Å². The molecule has 0 aromatic heterocycles. The Hall–Kier alpha value is 0.660. The minimum Gasteiger partial charge on any atom is -0.370 e. The third-order valence-corrected chi connectivity index (χ3v) is 2.61. The molecule has 0 heterocycles. The van der Waals surface area contributed by atoms with Crippen LogP contribution in [0.3, 0.4) is 0 Å². The summed E-state index contributed by atoms with van der Waals surface area (Å²) in [6.45, 7) is 2.03. The molecular formula is C4H10OS2. The molecule has 0 fully saturated rings. The molecule has 3 heteroatoms. The van der Waals surface area contributed by atoms with Crippen LogP contribution in [0.15, 0.2) is 0 Å². The zero-order chi connectivity index (χ0) is 5.70. The van der Waals surface area contributed by atoms with Gasteiger partial charge >= 0.3 is 0 Å². The molecule has 0 radical (unpaired) electrons. The highest BCUT2D eigenvalue weighted by Crippen LogP contribution is 2.22. The predicted octanol–water partition coefficient (Wildman–Crippen LogP) is 1.99. The van der Waals surface area contributed by atoms with Crippen molar-refractivity contribution in [2.75, 3.05) is 13.4 Å². The van der Waals surface area contributed by atoms with Gasteiger partial charge in [-0.05, 0) is 13.2 Å². The summed E-state index contributed by atoms with van der Waals surface area (Å²) in [5, 5.41) is 0. The summed E-state index contributed by atoms with van der Waals surface area (Å²) >= 11 is 0. The van der Waals surface area contributed by atoms with Gasteiger partial charge in [0.25, 0.3) is 0 Å². The van der Waals surface area contributed by atoms with Crippen molar-refractivity contribution in [3.63, 3.8) is 0 Å². The van der Waals surface area contributed by atoms with Crippen LogP contribution in [0, 0.1) is 0 Å². The lowest BCUT2D eigenvalue weighted by Crippen LogP contribution is -1.94. The van der Waals surface area contributed by atoms with Gasteiger partial charge in [-0.3, -0.25) is 0 Å². The Kier molecular flexibility index (Phi) is 5.26. The van der Waals surface area contributed by atoms with E-state index in [1.54, 1.807) is 28.7 Å². The largest absolute Gasteiger partial charge is 0.370 e. The molecule has 1 unspecified atom stereocenters. The average molecular weight is 138 g/mol. The number of ether oxygens (including phenoxy) is 1. The first kappa shape index (κ1) is 7.66. The van der Waals surface area contributed by atoms with Gasteiger partial charge in [0.1, 0.15) is 5.44 Å². The number of rotatable bonds is 3. The van der Waals surface area contributed by atoms with Gasteiger partial charge in [0.05, 0.1) is 0 Å². The molecule has 0 saturated carbocycles. The van der Waals surface area contributed by atoms with Crippen molar-refractivity contribution in [3.05, 3.63) is 0 Å². The fraction of sp³-hybridized carbons (Fsp3) is 1.00. The second kappa shape index (κ2) is 4.81. The SMILES string of the molecule is COC(C)SSC. The molecule has 0 bridgehead atoms. The van der Waals surface area contributed by atoms with E-state index in [-0.39, 0.29) is 0 Å². The van der Waals surface area contributed by atoms with E-state index in [4.69, 9.17) is 4.74 Å². The van der Waals surface area contributed by atoms with Crippen LogP contribution in [0.1, 0.15) is 6.92 Å². The van der Waals surface area contributed by atoms with E-state index in [0.29, 0.717) is 5.44 Å². The highest BCUT2D eigenvalue weighted by molar-refractivity contribution is 8.76. The second-order valence-corrected chi connectivity index (χ2v) is 3.83. The van der Waals surface area contributed by atoms with Gasteiger partial charge in [0.2, 0.25) is 0 Å². The summed E-state index contributed by atoms with van der Waals surface area (Å²) in [4.78, 5) is 0. The maximum Gasteiger partial charge on any atom is 0.110 e. The normalized spacial score (nSPS) is 14.1. The molecule has 1 atom stereocenters. The quantitative estimate of drug-likeness (QED) is 0.436. The number of hydrogen-bond donors (Lipinski definition) is 0. The molecule has 0 aliphatic rings. The summed E-state index contributed by atoms with van der Waals surface area (Å²) < 4.78 is 4.93. The standard InChI is InChI=1S/C4H10OS2/c1-4(5-2)7-6-3/h4H,1-3H3. The molecule has 0 amide bonds. The van der Waals surface area contributed by atoms with Gasteiger partial charge in [-0.25, -0.2) is 0 Å². The van der Waals surface area contributed by atoms with Crippen molar-refractivity contribution in [1.82, 2.24) is 0 Å². The predicted molar refractivity (Wildman–Crippen MR) is 37.6 cm³/mol. The summed E-state index contributed by atoms with van der Waals surface area (Å²) in [5.74, 6) is 0. The van der Waals surface area contributed by atoms with E-state index >= 15 is 0 Å². The van der Waals surface area contributed by atoms with Crippen LogP contribution in [0.5, 0.6) is 0 Å². The Bertz CT molecular complexity index is 40.7. The van der Waals surface area contributed by atoms with Crippen LogP contribution >= 0.6 is 21.6 Å². The molecule has 0 N–H and O–H groups in total. The summed E-state index contributed by atoms with van der Waals surface area (Å²) in [5.41, 5.74) is 0.329. The highest BCUT2D eigenvalue weighted by atomic mass is 33.1. The third-order valence-electron chi connectivity index (χ3n) is 0.564. The Morgan fingerprint density at radius 3 is 2.29 bits per heavy atom. The van der Waals surface area contributed by atoms with Crippen LogP contribution in [0.25, 0.3) is 0 Å². The van der Waals surface area contributed by atoms with Gasteiger partial charge in [-0.1, -0.05) is 21.6 Å².